The largest absolute Gasteiger partial charge is 0.384 e. The van der Waals surface area contributed by atoms with Gasteiger partial charge < -0.3 is 15.6 Å². The van der Waals surface area contributed by atoms with E-state index in [1.54, 1.807) is 6.07 Å². The number of rotatable bonds is 0. The fourth-order valence-corrected chi connectivity index (χ4v) is 2.29. The van der Waals surface area contributed by atoms with Gasteiger partial charge in [-0.15, -0.1) is 0 Å². The molecular formula is C11H12N4O. The number of nitrogens with two attached hydrogens (primary N) is 1. The fraction of sp³-hybridized carbons (Fsp3) is 0.273. The number of aromatic nitrogens is 2. The SMILES string of the molecule is Cn1c2c(c3ccc(N)nc31)C(=O)NCC2. The molecule has 3 heterocycles. The van der Waals surface area contributed by atoms with E-state index in [9.17, 15) is 4.79 Å². The molecule has 0 atom stereocenters. The third-order valence-electron chi connectivity index (χ3n) is 3.05. The minimum absolute atomic E-state index is 0.0154. The summed E-state index contributed by atoms with van der Waals surface area (Å²) in [5.74, 6) is 0.462. The third kappa shape index (κ3) is 1.05. The second-order valence-corrected chi connectivity index (χ2v) is 3.99. The molecule has 0 unspecified atom stereocenters. The summed E-state index contributed by atoms with van der Waals surface area (Å²) in [5, 5.41) is 3.73. The molecule has 1 aliphatic heterocycles. The number of aryl methyl sites for hydroxylation is 1. The zero-order valence-corrected chi connectivity index (χ0v) is 8.95. The summed E-state index contributed by atoms with van der Waals surface area (Å²) < 4.78 is 1.96. The van der Waals surface area contributed by atoms with Crippen molar-refractivity contribution in [2.24, 2.45) is 7.05 Å². The highest BCUT2D eigenvalue weighted by atomic mass is 16.1. The van der Waals surface area contributed by atoms with Crippen LogP contribution in [0.1, 0.15) is 16.1 Å². The van der Waals surface area contributed by atoms with Crippen LogP contribution in [0, 0.1) is 0 Å². The Kier molecular flexibility index (Phi) is 1.71. The van der Waals surface area contributed by atoms with Crippen LogP contribution in [0.15, 0.2) is 12.1 Å². The van der Waals surface area contributed by atoms with Crippen LogP contribution in [0.4, 0.5) is 5.82 Å². The number of carbonyl (C=O) groups is 1. The molecule has 0 aliphatic carbocycles. The zero-order valence-electron chi connectivity index (χ0n) is 8.95. The molecular weight excluding hydrogens is 204 g/mol. The summed E-state index contributed by atoms with van der Waals surface area (Å²) in [6.07, 6.45) is 0.841. The van der Waals surface area contributed by atoms with Gasteiger partial charge in [0.15, 0.2) is 0 Å². The Balaban J connectivity index is 2.44. The Bertz CT molecular complexity index is 600. The van der Waals surface area contributed by atoms with E-state index >= 15 is 0 Å². The molecule has 2 aromatic heterocycles. The topological polar surface area (TPSA) is 72.9 Å². The summed E-state index contributed by atoms with van der Waals surface area (Å²) in [7, 11) is 1.92. The molecule has 3 N–H and O–H groups in total. The maximum absolute atomic E-state index is 11.8. The number of carbonyl (C=O) groups excluding carboxylic acids is 1. The molecule has 5 heteroatoms. The van der Waals surface area contributed by atoms with Crippen molar-refractivity contribution < 1.29 is 4.79 Å². The van der Waals surface area contributed by atoms with Gasteiger partial charge in [0, 0.05) is 31.1 Å². The fourth-order valence-electron chi connectivity index (χ4n) is 2.29. The second-order valence-electron chi connectivity index (χ2n) is 3.99. The molecule has 1 aliphatic rings. The minimum atomic E-state index is -0.0154. The van der Waals surface area contributed by atoms with E-state index in [1.807, 2.05) is 17.7 Å². The van der Waals surface area contributed by atoms with Crippen molar-refractivity contribution in [2.45, 2.75) is 6.42 Å². The van der Waals surface area contributed by atoms with Crippen molar-refractivity contribution >= 4 is 22.8 Å². The quantitative estimate of drug-likeness (QED) is 0.671. The summed E-state index contributed by atoms with van der Waals surface area (Å²) in [6.45, 7) is 0.686. The van der Waals surface area contributed by atoms with Crippen molar-refractivity contribution in [3.8, 4) is 0 Å². The Morgan fingerprint density at radius 3 is 3.12 bits per heavy atom. The van der Waals surface area contributed by atoms with E-state index in [1.165, 1.54) is 0 Å². The summed E-state index contributed by atoms with van der Waals surface area (Å²) in [5.41, 5.74) is 8.23. The zero-order chi connectivity index (χ0) is 11.3. The third-order valence-corrected chi connectivity index (χ3v) is 3.05. The van der Waals surface area contributed by atoms with Gasteiger partial charge in [-0.2, -0.15) is 0 Å². The van der Waals surface area contributed by atoms with Gasteiger partial charge in [0.05, 0.1) is 5.56 Å². The molecule has 0 radical (unpaired) electrons. The molecule has 1 amide bonds. The van der Waals surface area contributed by atoms with E-state index in [0.29, 0.717) is 12.4 Å². The highest BCUT2D eigenvalue weighted by molar-refractivity contribution is 6.08. The van der Waals surface area contributed by atoms with E-state index in [2.05, 4.69) is 10.3 Å². The van der Waals surface area contributed by atoms with Gasteiger partial charge in [0.1, 0.15) is 11.5 Å². The average Bonchev–Trinajstić information content (AvgIpc) is 2.55. The molecule has 0 fully saturated rings. The van der Waals surface area contributed by atoms with Crippen LogP contribution in [0.3, 0.4) is 0 Å². The van der Waals surface area contributed by atoms with Gasteiger partial charge in [-0.1, -0.05) is 0 Å². The predicted octanol–water partition coefficient (Wildman–Crippen LogP) is 0.441. The van der Waals surface area contributed by atoms with Gasteiger partial charge in [-0.05, 0) is 12.1 Å². The molecule has 0 saturated carbocycles. The van der Waals surface area contributed by atoms with Crippen molar-refractivity contribution in [3.63, 3.8) is 0 Å². The molecule has 16 heavy (non-hydrogen) atoms. The van der Waals surface area contributed by atoms with Gasteiger partial charge in [0.25, 0.3) is 5.91 Å². The lowest BCUT2D eigenvalue weighted by atomic mass is 10.1. The van der Waals surface area contributed by atoms with Crippen LogP contribution < -0.4 is 11.1 Å². The second kappa shape index (κ2) is 2.98. The van der Waals surface area contributed by atoms with Gasteiger partial charge in [-0.3, -0.25) is 4.79 Å². The van der Waals surface area contributed by atoms with Crippen LogP contribution in [-0.2, 0) is 13.5 Å². The smallest absolute Gasteiger partial charge is 0.253 e. The van der Waals surface area contributed by atoms with Crippen LogP contribution in [-0.4, -0.2) is 22.0 Å². The Hall–Kier alpha value is -2.04. The molecule has 0 spiro atoms. The van der Waals surface area contributed by atoms with Crippen molar-refractivity contribution in [3.05, 3.63) is 23.4 Å². The van der Waals surface area contributed by atoms with Gasteiger partial charge in [0.2, 0.25) is 0 Å². The molecule has 0 saturated heterocycles. The standard InChI is InChI=1S/C11H12N4O/c1-15-7-4-5-13-11(16)9(7)6-2-3-8(12)14-10(6)15/h2-3H,4-5H2,1H3,(H2,12,14)(H,13,16). The Labute approximate surface area is 92.3 Å². The van der Waals surface area contributed by atoms with E-state index in [-0.39, 0.29) is 5.91 Å². The number of hydrogen-bond donors (Lipinski definition) is 2. The van der Waals surface area contributed by atoms with E-state index in [0.717, 1.165) is 28.7 Å². The molecule has 0 aromatic carbocycles. The van der Waals surface area contributed by atoms with Crippen molar-refractivity contribution in [1.82, 2.24) is 14.9 Å². The highest BCUT2D eigenvalue weighted by Crippen LogP contribution is 2.26. The number of fused-ring (bicyclic) bond motifs is 3. The Morgan fingerprint density at radius 2 is 2.31 bits per heavy atom. The normalized spacial score (nSPS) is 14.9. The summed E-state index contributed by atoms with van der Waals surface area (Å²) in [4.78, 5) is 16.1. The first kappa shape index (κ1) is 9.21. The first-order chi connectivity index (χ1) is 7.68. The maximum Gasteiger partial charge on any atom is 0.253 e. The van der Waals surface area contributed by atoms with Gasteiger partial charge in [-0.25, -0.2) is 4.98 Å². The number of anilines is 1. The number of nitrogens with zero attached hydrogens (tertiary/aromatic N) is 2. The summed E-state index contributed by atoms with van der Waals surface area (Å²) in [6, 6.07) is 3.59. The first-order valence-electron chi connectivity index (χ1n) is 5.20. The van der Waals surface area contributed by atoms with Gasteiger partial charge >= 0.3 is 0 Å². The van der Waals surface area contributed by atoms with E-state index in [4.69, 9.17) is 5.73 Å². The van der Waals surface area contributed by atoms with Crippen LogP contribution in [0.25, 0.3) is 11.0 Å². The lowest BCUT2D eigenvalue weighted by molar-refractivity contribution is 0.0947. The molecule has 5 nitrogen and oxygen atoms in total. The number of nitrogens with one attached hydrogen (secondary N) is 1. The Morgan fingerprint density at radius 1 is 1.50 bits per heavy atom. The number of pyridine rings is 1. The number of amides is 1. The molecule has 2 aromatic rings. The number of nitrogen functional groups attached to an aromatic ring is 1. The summed E-state index contributed by atoms with van der Waals surface area (Å²) >= 11 is 0. The van der Waals surface area contributed by atoms with Crippen molar-refractivity contribution in [2.75, 3.05) is 12.3 Å². The molecule has 82 valence electrons. The first-order valence-corrected chi connectivity index (χ1v) is 5.20. The monoisotopic (exact) mass is 216 g/mol. The van der Waals surface area contributed by atoms with Crippen LogP contribution >= 0.6 is 0 Å². The molecule has 0 bridgehead atoms. The van der Waals surface area contributed by atoms with Crippen molar-refractivity contribution in [1.29, 1.82) is 0 Å². The lowest BCUT2D eigenvalue weighted by Gasteiger charge is -2.13. The van der Waals surface area contributed by atoms with E-state index < -0.39 is 0 Å². The molecule has 3 rings (SSSR count). The number of hydrogen-bond acceptors (Lipinski definition) is 3. The van der Waals surface area contributed by atoms with Crippen LogP contribution in [0.2, 0.25) is 0 Å². The maximum atomic E-state index is 11.8. The highest BCUT2D eigenvalue weighted by Gasteiger charge is 2.24. The average molecular weight is 216 g/mol. The van der Waals surface area contributed by atoms with Crippen LogP contribution in [0.5, 0.6) is 0 Å². The predicted molar refractivity (Wildman–Crippen MR) is 61.2 cm³/mol. The minimum Gasteiger partial charge on any atom is -0.384 e. The lowest BCUT2D eigenvalue weighted by Crippen LogP contribution is -2.32.